The van der Waals surface area contributed by atoms with Gasteiger partial charge in [-0.3, -0.25) is 0 Å². The smallest absolute Gasteiger partial charge is 0.0611 e. The molecule has 0 aromatic rings. The number of aliphatic hydroxyl groups is 1. The van der Waals surface area contributed by atoms with Gasteiger partial charge in [0.05, 0.1) is 12.7 Å². The molecule has 0 bridgehead atoms. The molecule has 0 amide bonds. The van der Waals surface area contributed by atoms with Crippen molar-refractivity contribution in [2.75, 3.05) is 32.8 Å². The van der Waals surface area contributed by atoms with Crippen LogP contribution < -0.4 is 5.32 Å². The van der Waals surface area contributed by atoms with Gasteiger partial charge in [0.1, 0.15) is 0 Å². The summed E-state index contributed by atoms with van der Waals surface area (Å²) in [5, 5.41) is 13.0. The Balaban J connectivity index is 2.40. The minimum atomic E-state index is -0.162. The van der Waals surface area contributed by atoms with Crippen molar-refractivity contribution in [1.29, 1.82) is 0 Å². The molecule has 19 heavy (non-hydrogen) atoms. The molecule has 0 saturated carbocycles. The molecule has 0 spiro atoms. The highest BCUT2D eigenvalue weighted by Gasteiger charge is 2.29. The highest BCUT2D eigenvalue weighted by Crippen LogP contribution is 2.21. The summed E-state index contributed by atoms with van der Waals surface area (Å²) in [5.74, 6) is 0. The number of nitrogens with zero attached hydrogens (tertiary/aromatic N) is 1. The third kappa shape index (κ3) is 5.38. The molecule has 1 aliphatic heterocycles. The van der Waals surface area contributed by atoms with Gasteiger partial charge < -0.3 is 20.1 Å². The second-order valence-electron chi connectivity index (χ2n) is 5.99. The van der Waals surface area contributed by atoms with Crippen LogP contribution in [0.3, 0.4) is 0 Å². The Morgan fingerprint density at radius 1 is 1.37 bits per heavy atom. The molecule has 0 aromatic carbocycles. The monoisotopic (exact) mass is 272 g/mol. The van der Waals surface area contributed by atoms with E-state index in [0.29, 0.717) is 12.1 Å². The minimum Gasteiger partial charge on any atom is -0.394 e. The van der Waals surface area contributed by atoms with E-state index in [0.717, 1.165) is 45.5 Å². The van der Waals surface area contributed by atoms with Crippen LogP contribution in [-0.4, -0.2) is 60.5 Å². The van der Waals surface area contributed by atoms with E-state index in [2.05, 4.69) is 37.9 Å². The van der Waals surface area contributed by atoms with Crippen LogP contribution in [0.4, 0.5) is 0 Å². The van der Waals surface area contributed by atoms with Gasteiger partial charge in [-0.05, 0) is 46.6 Å². The van der Waals surface area contributed by atoms with Crippen LogP contribution >= 0.6 is 0 Å². The minimum absolute atomic E-state index is 0.162. The fourth-order valence-corrected chi connectivity index (χ4v) is 3.12. The molecule has 2 atom stereocenters. The molecule has 4 nitrogen and oxygen atoms in total. The van der Waals surface area contributed by atoms with Crippen molar-refractivity contribution in [2.24, 2.45) is 0 Å². The number of likely N-dealkylation sites (N-methyl/N-ethyl adjacent to an activating group) is 1. The van der Waals surface area contributed by atoms with E-state index in [-0.39, 0.29) is 12.1 Å². The van der Waals surface area contributed by atoms with Crippen molar-refractivity contribution in [3.05, 3.63) is 0 Å². The first-order valence-corrected chi connectivity index (χ1v) is 7.76. The van der Waals surface area contributed by atoms with Gasteiger partial charge in [-0.1, -0.05) is 6.92 Å². The summed E-state index contributed by atoms with van der Waals surface area (Å²) in [6.45, 7) is 12.7. The number of ether oxygens (including phenoxy) is 1. The van der Waals surface area contributed by atoms with Gasteiger partial charge in [-0.2, -0.15) is 0 Å². The third-order valence-corrected chi connectivity index (χ3v) is 4.20. The zero-order valence-electron chi connectivity index (χ0n) is 13.1. The van der Waals surface area contributed by atoms with Crippen LogP contribution in [0.25, 0.3) is 0 Å². The molecule has 4 heteroatoms. The van der Waals surface area contributed by atoms with Crippen LogP contribution in [0.15, 0.2) is 0 Å². The van der Waals surface area contributed by atoms with Crippen LogP contribution in [0, 0.1) is 0 Å². The maximum atomic E-state index is 9.57. The molecule has 0 aliphatic carbocycles. The molecule has 2 unspecified atom stereocenters. The molecule has 1 heterocycles. The SMILES string of the molecule is CCNC(C)(CO)CC(C)N1CCC(OCC)CC1. The van der Waals surface area contributed by atoms with Crippen molar-refractivity contribution < 1.29 is 9.84 Å². The van der Waals surface area contributed by atoms with E-state index < -0.39 is 0 Å². The summed E-state index contributed by atoms with van der Waals surface area (Å²) in [5.41, 5.74) is -0.162. The largest absolute Gasteiger partial charge is 0.394 e. The maximum absolute atomic E-state index is 9.57. The Kier molecular flexibility index (Phi) is 7.29. The van der Waals surface area contributed by atoms with Gasteiger partial charge in [0.2, 0.25) is 0 Å². The Labute approximate surface area is 118 Å². The Bertz CT molecular complexity index is 242. The van der Waals surface area contributed by atoms with Gasteiger partial charge in [0.15, 0.2) is 0 Å². The zero-order chi connectivity index (χ0) is 14.3. The lowest BCUT2D eigenvalue weighted by molar-refractivity contribution is 0.000484. The van der Waals surface area contributed by atoms with Gasteiger partial charge in [-0.25, -0.2) is 0 Å². The molecule has 2 N–H and O–H groups in total. The third-order valence-electron chi connectivity index (χ3n) is 4.20. The summed E-state index contributed by atoms with van der Waals surface area (Å²) in [4.78, 5) is 2.53. The van der Waals surface area contributed by atoms with Crippen LogP contribution in [-0.2, 0) is 4.74 Å². The lowest BCUT2D eigenvalue weighted by Gasteiger charge is -2.40. The van der Waals surface area contributed by atoms with Crippen molar-refractivity contribution in [3.8, 4) is 0 Å². The maximum Gasteiger partial charge on any atom is 0.0611 e. The van der Waals surface area contributed by atoms with Gasteiger partial charge in [0.25, 0.3) is 0 Å². The second-order valence-corrected chi connectivity index (χ2v) is 5.99. The highest BCUT2D eigenvalue weighted by atomic mass is 16.5. The number of piperidine rings is 1. The average Bonchev–Trinajstić information content (AvgIpc) is 2.40. The number of aliphatic hydroxyl groups excluding tert-OH is 1. The van der Waals surface area contributed by atoms with Gasteiger partial charge >= 0.3 is 0 Å². The first kappa shape index (κ1) is 16.9. The fourth-order valence-electron chi connectivity index (χ4n) is 3.12. The predicted molar refractivity (Wildman–Crippen MR) is 79.5 cm³/mol. The Morgan fingerprint density at radius 3 is 2.47 bits per heavy atom. The first-order chi connectivity index (χ1) is 9.04. The summed E-state index contributed by atoms with van der Waals surface area (Å²) >= 11 is 0. The highest BCUT2D eigenvalue weighted by molar-refractivity contribution is 4.88. The second kappa shape index (κ2) is 8.20. The standard InChI is InChI=1S/C15H32N2O2/c1-5-16-15(4,12-18)11-13(3)17-9-7-14(8-10-17)19-6-2/h13-14,16,18H,5-12H2,1-4H3. The lowest BCUT2D eigenvalue weighted by atomic mass is 9.92. The van der Waals surface area contributed by atoms with Crippen LogP contribution in [0.1, 0.15) is 47.0 Å². The molecule has 114 valence electrons. The lowest BCUT2D eigenvalue weighted by Crippen LogP contribution is -2.52. The summed E-state index contributed by atoms with van der Waals surface area (Å²) in [7, 11) is 0. The normalized spacial score (nSPS) is 23.2. The molecular formula is C15H32N2O2. The Hall–Kier alpha value is -0.160. The number of hydrogen-bond acceptors (Lipinski definition) is 4. The van der Waals surface area contributed by atoms with E-state index in [1.165, 1.54) is 0 Å². The van der Waals surface area contributed by atoms with Crippen LogP contribution in [0.2, 0.25) is 0 Å². The van der Waals surface area contributed by atoms with E-state index in [9.17, 15) is 5.11 Å². The van der Waals surface area contributed by atoms with Gasteiger partial charge in [-0.15, -0.1) is 0 Å². The van der Waals surface area contributed by atoms with E-state index in [4.69, 9.17) is 4.74 Å². The molecule has 1 aliphatic rings. The van der Waals surface area contributed by atoms with Crippen molar-refractivity contribution in [2.45, 2.75) is 64.6 Å². The molecule has 1 fully saturated rings. The molecule has 1 rings (SSSR count). The van der Waals surface area contributed by atoms with E-state index in [1.54, 1.807) is 0 Å². The molecule has 0 radical (unpaired) electrons. The van der Waals surface area contributed by atoms with E-state index in [1.807, 2.05) is 0 Å². The first-order valence-electron chi connectivity index (χ1n) is 7.76. The fraction of sp³-hybridized carbons (Fsp3) is 1.00. The zero-order valence-corrected chi connectivity index (χ0v) is 13.1. The van der Waals surface area contributed by atoms with Crippen molar-refractivity contribution >= 4 is 0 Å². The van der Waals surface area contributed by atoms with Crippen molar-refractivity contribution in [1.82, 2.24) is 10.2 Å². The topological polar surface area (TPSA) is 44.7 Å². The number of nitrogens with one attached hydrogen (secondary N) is 1. The Morgan fingerprint density at radius 2 is 2.00 bits per heavy atom. The molecule has 0 aromatic heterocycles. The summed E-state index contributed by atoms with van der Waals surface area (Å²) < 4.78 is 5.69. The number of rotatable bonds is 8. The van der Waals surface area contributed by atoms with E-state index >= 15 is 0 Å². The quantitative estimate of drug-likeness (QED) is 0.705. The number of likely N-dealkylation sites (tertiary alicyclic amines) is 1. The van der Waals surface area contributed by atoms with Gasteiger partial charge in [0, 0.05) is 31.3 Å². The summed E-state index contributed by atoms with van der Waals surface area (Å²) in [6.07, 6.45) is 3.70. The van der Waals surface area contributed by atoms with Crippen LogP contribution in [0.5, 0.6) is 0 Å². The predicted octanol–water partition coefficient (Wildman–Crippen LogP) is 1.63. The molecular weight excluding hydrogens is 240 g/mol. The average molecular weight is 272 g/mol. The molecule has 1 saturated heterocycles. The number of hydrogen-bond donors (Lipinski definition) is 2. The van der Waals surface area contributed by atoms with Crippen molar-refractivity contribution in [3.63, 3.8) is 0 Å². The summed E-state index contributed by atoms with van der Waals surface area (Å²) in [6, 6.07) is 0.499.